The van der Waals surface area contributed by atoms with Gasteiger partial charge in [-0.1, -0.05) is 84.9 Å². The first-order valence-corrected chi connectivity index (χ1v) is 11.9. The molecule has 1 aromatic rings. The average Bonchev–Trinajstić information content (AvgIpc) is 2.73. The number of rotatable bonds is 10. The van der Waals surface area contributed by atoms with Gasteiger partial charge in [-0.3, -0.25) is 15.4 Å². The molecule has 4 N–H and O–H groups in total. The highest BCUT2D eigenvalue weighted by Gasteiger charge is 2.43. The highest BCUT2D eigenvalue weighted by Crippen LogP contribution is 2.30. The van der Waals surface area contributed by atoms with E-state index in [1.54, 1.807) is 20.2 Å². The van der Waals surface area contributed by atoms with E-state index in [4.69, 9.17) is 5.84 Å². The van der Waals surface area contributed by atoms with E-state index in [0.717, 1.165) is 5.56 Å². The Hall–Kier alpha value is -2.71. The molecule has 0 aliphatic heterocycles. The summed E-state index contributed by atoms with van der Waals surface area (Å²) < 4.78 is 0. The van der Waals surface area contributed by atoms with Crippen LogP contribution in [0.1, 0.15) is 61.0 Å². The van der Waals surface area contributed by atoms with Crippen LogP contribution >= 0.6 is 0 Å². The van der Waals surface area contributed by atoms with E-state index < -0.39 is 34.9 Å². The number of nitrogens with zero attached hydrogens (tertiary/aromatic N) is 2. The summed E-state index contributed by atoms with van der Waals surface area (Å²) in [6.45, 7) is 14.9. The van der Waals surface area contributed by atoms with E-state index in [2.05, 4.69) is 5.32 Å². The van der Waals surface area contributed by atoms with Crippen molar-refractivity contribution in [2.45, 2.75) is 78.9 Å². The van der Waals surface area contributed by atoms with E-state index >= 15 is 0 Å². The van der Waals surface area contributed by atoms with Crippen LogP contribution in [-0.2, 0) is 19.8 Å². The zero-order valence-corrected chi connectivity index (χ0v) is 22.9. The van der Waals surface area contributed by atoms with Crippen molar-refractivity contribution in [3.63, 3.8) is 0 Å². The second kappa shape index (κ2) is 11.8. The van der Waals surface area contributed by atoms with Crippen molar-refractivity contribution in [2.75, 3.05) is 14.1 Å². The molecule has 0 saturated carbocycles. The van der Waals surface area contributed by atoms with Crippen LogP contribution in [0.2, 0.25) is 0 Å². The molecule has 8 nitrogen and oxygen atoms in total. The summed E-state index contributed by atoms with van der Waals surface area (Å²) in [5.41, 5.74) is -0.145. The number of hydrogen-bond donors (Lipinski definition) is 3. The lowest BCUT2D eigenvalue weighted by Gasteiger charge is -2.41. The van der Waals surface area contributed by atoms with E-state index in [1.807, 2.05) is 78.8 Å². The minimum Gasteiger partial charge on any atom is -0.478 e. The molecular weight excluding hydrogens is 444 g/mol. The van der Waals surface area contributed by atoms with Gasteiger partial charge < -0.3 is 15.3 Å². The Labute approximate surface area is 210 Å². The van der Waals surface area contributed by atoms with Gasteiger partial charge in [0.05, 0.1) is 6.04 Å². The first-order chi connectivity index (χ1) is 15.9. The number of hydrazine groups is 1. The predicted molar refractivity (Wildman–Crippen MR) is 139 cm³/mol. The monoisotopic (exact) mass is 488 g/mol. The van der Waals surface area contributed by atoms with E-state index in [0.29, 0.717) is 0 Å². The lowest BCUT2D eigenvalue weighted by molar-refractivity contribution is -0.142. The van der Waals surface area contributed by atoms with Crippen molar-refractivity contribution in [1.29, 1.82) is 0 Å². The Kier molecular flexibility index (Phi) is 10.2. The van der Waals surface area contributed by atoms with Crippen LogP contribution in [0.5, 0.6) is 0 Å². The molecule has 0 saturated heterocycles. The van der Waals surface area contributed by atoms with Crippen molar-refractivity contribution in [3.05, 3.63) is 47.5 Å². The van der Waals surface area contributed by atoms with Gasteiger partial charge in [-0.05, 0) is 23.8 Å². The molecule has 196 valence electrons. The number of likely N-dealkylation sites (N-methyl/N-ethyl adjacent to an activating group) is 2. The summed E-state index contributed by atoms with van der Waals surface area (Å²) >= 11 is 0. The third-order valence-corrected chi connectivity index (χ3v) is 6.49. The number of amides is 2. The van der Waals surface area contributed by atoms with Gasteiger partial charge in [0, 0.05) is 25.1 Å². The molecule has 1 rings (SSSR count). The largest absolute Gasteiger partial charge is 0.478 e. The maximum Gasteiger partial charge on any atom is 0.331 e. The number of carbonyl (C=O) groups is 3. The quantitative estimate of drug-likeness (QED) is 0.265. The van der Waals surface area contributed by atoms with Crippen LogP contribution in [0.3, 0.4) is 0 Å². The molecule has 0 heterocycles. The van der Waals surface area contributed by atoms with Crippen LogP contribution < -0.4 is 11.2 Å². The van der Waals surface area contributed by atoms with Crippen LogP contribution in [0.15, 0.2) is 42.0 Å². The Morgan fingerprint density at radius 1 is 1.03 bits per heavy atom. The van der Waals surface area contributed by atoms with Gasteiger partial charge >= 0.3 is 5.97 Å². The fourth-order valence-corrected chi connectivity index (χ4v) is 4.35. The van der Waals surface area contributed by atoms with Gasteiger partial charge in [0.15, 0.2) is 0 Å². The molecule has 0 aliphatic carbocycles. The number of hydrogen-bond acceptors (Lipinski definition) is 5. The van der Waals surface area contributed by atoms with Gasteiger partial charge in [-0.15, -0.1) is 0 Å². The number of nitrogens with two attached hydrogens (primary N) is 1. The van der Waals surface area contributed by atoms with Crippen molar-refractivity contribution < 1.29 is 19.5 Å². The molecular formula is C27H44N4O4. The first kappa shape index (κ1) is 30.3. The third kappa shape index (κ3) is 7.64. The number of aliphatic carboxylic acids is 1. The minimum absolute atomic E-state index is 0.0329. The average molecular weight is 489 g/mol. The zero-order chi connectivity index (χ0) is 27.3. The maximum absolute atomic E-state index is 13.7. The summed E-state index contributed by atoms with van der Waals surface area (Å²) in [4.78, 5) is 40.3. The second-order valence-electron chi connectivity index (χ2n) is 11.3. The molecule has 1 aromatic carbocycles. The second-order valence-corrected chi connectivity index (χ2v) is 11.3. The highest BCUT2D eigenvalue weighted by molar-refractivity contribution is 5.91. The molecule has 0 fully saturated rings. The number of benzene rings is 1. The van der Waals surface area contributed by atoms with Gasteiger partial charge in [-0.25, -0.2) is 9.80 Å². The minimum atomic E-state index is -1.03. The summed E-state index contributed by atoms with van der Waals surface area (Å²) in [5, 5.41) is 13.7. The Morgan fingerprint density at radius 2 is 1.54 bits per heavy atom. The molecule has 8 heteroatoms. The molecule has 0 aliphatic rings. The van der Waals surface area contributed by atoms with Gasteiger partial charge in [0.2, 0.25) is 11.8 Å². The summed E-state index contributed by atoms with van der Waals surface area (Å²) in [5.74, 6) is 4.45. The number of carboxylic acids is 1. The SMILES string of the molecule is C/C(=C/[C@H](C(C)C)N(C)C(=O)[C@@H](NC(=O)[C@@H](N(C)N)C(C)(C)c1ccccc1)C(C)(C)C)C(=O)O. The van der Waals surface area contributed by atoms with Crippen LogP contribution in [0.4, 0.5) is 0 Å². The zero-order valence-electron chi connectivity index (χ0n) is 22.9. The van der Waals surface area contributed by atoms with Crippen molar-refractivity contribution >= 4 is 17.8 Å². The molecule has 3 atom stereocenters. The standard InChI is InChI=1S/C27H44N4O4/c1-17(2)20(16-18(3)25(34)35)30(9)24(33)21(26(4,5)6)29-23(32)22(31(10)28)27(7,8)19-14-12-11-13-15-19/h11-17,20-22H,28H2,1-10H3,(H,29,32)(H,34,35)/b18-16-/t20-,21-,22-/m1/s1. The number of carbonyl (C=O) groups excluding carboxylic acids is 2. The Morgan fingerprint density at radius 3 is 1.94 bits per heavy atom. The van der Waals surface area contributed by atoms with Gasteiger partial charge in [0.25, 0.3) is 0 Å². The molecule has 0 unspecified atom stereocenters. The van der Waals surface area contributed by atoms with Gasteiger partial charge in [-0.2, -0.15) is 0 Å². The maximum atomic E-state index is 13.7. The van der Waals surface area contributed by atoms with E-state index in [9.17, 15) is 19.5 Å². The van der Waals surface area contributed by atoms with Crippen molar-refractivity contribution in [1.82, 2.24) is 15.2 Å². The predicted octanol–water partition coefficient (Wildman–Crippen LogP) is 3.18. The Bertz CT molecular complexity index is 917. The molecule has 2 amide bonds. The summed E-state index contributed by atoms with van der Waals surface area (Å²) in [7, 11) is 3.28. The smallest absolute Gasteiger partial charge is 0.331 e. The first-order valence-electron chi connectivity index (χ1n) is 11.9. The molecule has 35 heavy (non-hydrogen) atoms. The molecule has 0 radical (unpaired) electrons. The fraction of sp³-hybridized carbons (Fsp3) is 0.593. The van der Waals surface area contributed by atoms with E-state index in [1.165, 1.54) is 16.8 Å². The topological polar surface area (TPSA) is 116 Å². The van der Waals surface area contributed by atoms with Crippen molar-refractivity contribution in [3.8, 4) is 0 Å². The molecule has 0 bridgehead atoms. The molecule has 0 spiro atoms. The lowest BCUT2D eigenvalue weighted by atomic mass is 9.76. The van der Waals surface area contributed by atoms with Crippen LogP contribution in [0, 0.1) is 11.3 Å². The fourth-order valence-electron chi connectivity index (χ4n) is 4.35. The highest BCUT2D eigenvalue weighted by atomic mass is 16.4. The summed E-state index contributed by atoms with van der Waals surface area (Å²) in [6, 6.07) is 7.60. The normalized spacial score (nSPS) is 15.5. The van der Waals surface area contributed by atoms with Crippen LogP contribution in [0.25, 0.3) is 0 Å². The van der Waals surface area contributed by atoms with Crippen molar-refractivity contribution in [2.24, 2.45) is 17.2 Å². The number of carboxylic acid groups (broad SMARTS) is 1. The van der Waals surface area contributed by atoms with Gasteiger partial charge in [0.1, 0.15) is 12.1 Å². The third-order valence-electron chi connectivity index (χ3n) is 6.49. The van der Waals surface area contributed by atoms with E-state index in [-0.39, 0.29) is 23.3 Å². The van der Waals surface area contributed by atoms with Crippen LogP contribution in [-0.4, -0.2) is 65.0 Å². The summed E-state index contributed by atoms with van der Waals surface area (Å²) in [6.07, 6.45) is 1.58. The lowest BCUT2D eigenvalue weighted by Crippen LogP contribution is -2.63. The number of nitrogens with one attached hydrogen (secondary N) is 1. The Balaban J connectivity index is 3.36. The molecule has 0 aromatic heterocycles.